The number of methoxy groups -OCH3 is 1. The Hall–Kier alpha value is -3.18. The molecular weight excluding hydrogens is 451 g/mol. The number of ether oxygens (including phenoxy) is 3. The van der Waals surface area contributed by atoms with Crippen molar-refractivity contribution in [2.75, 3.05) is 25.6 Å². The summed E-state index contributed by atoms with van der Waals surface area (Å²) >= 11 is 0. The summed E-state index contributed by atoms with van der Waals surface area (Å²) < 4.78 is 55.3. The molecule has 0 unspecified atom stereocenters. The van der Waals surface area contributed by atoms with Crippen LogP contribution in [-0.4, -0.2) is 46.0 Å². The molecular formula is C23H26F3N5O3. The van der Waals surface area contributed by atoms with Gasteiger partial charge in [-0.15, -0.1) is 0 Å². The SMILES string of the molecule is COc1cc(Nc2nc(COCC3CC3)cc(COCC(F)(F)F)n2)ccc1-n1cnc(C)c1. The van der Waals surface area contributed by atoms with E-state index >= 15 is 0 Å². The fourth-order valence-electron chi connectivity index (χ4n) is 3.29. The molecule has 1 saturated carbocycles. The van der Waals surface area contributed by atoms with Crippen molar-refractivity contribution in [3.8, 4) is 11.4 Å². The first-order valence-corrected chi connectivity index (χ1v) is 10.8. The van der Waals surface area contributed by atoms with Gasteiger partial charge in [0.15, 0.2) is 0 Å². The van der Waals surface area contributed by atoms with Crippen LogP contribution in [0.1, 0.15) is 29.9 Å². The van der Waals surface area contributed by atoms with Crippen LogP contribution in [0.5, 0.6) is 5.75 Å². The summed E-state index contributed by atoms with van der Waals surface area (Å²) in [4.78, 5) is 13.0. The van der Waals surface area contributed by atoms with E-state index in [1.165, 1.54) is 0 Å². The number of hydrogen-bond acceptors (Lipinski definition) is 7. The molecule has 0 amide bonds. The number of rotatable bonds is 11. The maximum Gasteiger partial charge on any atom is 0.411 e. The second kappa shape index (κ2) is 10.4. The highest BCUT2D eigenvalue weighted by molar-refractivity contribution is 5.62. The number of alkyl halides is 3. The molecule has 0 aliphatic heterocycles. The molecule has 2 aromatic heterocycles. The lowest BCUT2D eigenvalue weighted by Gasteiger charge is -2.14. The standard InChI is InChI=1S/C23H26F3N5O3/c1-15-9-31(14-27-15)20-6-5-17(8-21(20)32-2)28-22-29-18(11-33-10-16-3-4-16)7-19(30-22)12-34-13-23(24,25)26/h5-9,14,16H,3-4,10-13H2,1-2H3,(H,28,29,30). The van der Waals surface area contributed by atoms with E-state index in [0.717, 1.165) is 24.2 Å². The largest absolute Gasteiger partial charge is 0.494 e. The summed E-state index contributed by atoms with van der Waals surface area (Å²) in [7, 11) is 1.57. The van der Waals surface area contributed by atoms with Crippen molar-refractivity contribution < 1.29 is 27.4 Å². The first-order valence-electron chi connectivity index (χ1n) is 10.8. The van der Waals surface area contributed by atoms with E-state index in [4.69, 9.17) is 14.2 Å². The Bertz CT molecular complexity index is 1120. The highest BCUT2D eigenvalue weighted by Gasteiger charge is 2.27. The van der Waals surface area contributed by atoms with Gasteiger partial charge in [-0.3, -0.25) is 0 Å². The van der Waals surface area contributed by atoms with Gasteiger partial charge in [-0.2, -0.15) is 13.2 Å². The lowest BCUT2D eigenvalue weighted by atomic mass is 10.2. The zero-order chi connectivity index (χ0) is 24.1. The van der Waals surface area contributed by atoms with Crippen molar-refractivity contribution in [3.63, 3.8) is 0 Å². The van der Waals surface area contributed by atoms with E-state index in [2.05, 4.69) is 20.3 Å². The van der Waals surface area contributed by atoms with Gasteiger partial charge < -0.3 is 24.1 Å². The smallest absolute Gasteiger partial charge is 0.411 e. The Labute approximate surface area is 195 Å². The Kier molecular flexibility index (Phi) is 7.32. The number of imidazole rings is 1. The van der Waals surface area contributed by atoms with Crippen molar-refractivity contribution in [3.05, 3.63) is 53.9 Å². The molecule has 1 N–H and O–H groups in total. The van der Waals surface area contributed by atoms with Gasteiger partial charge in [-0.1, -0.05) is 0 Å². The Balaban J connectivity index is 1.51. The molecule has 0 atom stereocenters. The summed E-state index contributed by atoms with van der Waals surface area (Å²) in [6.07, 6.45) is 1.48. The van der Waals surface area contributed by atoms with E-state index in [1.807, 2.05) is 29.8 Å². The zero-order valence-electron chi connectivity index (χ0n) is 18.9. The van der Waals surface area contributed by atoms with Crippen LogP contribution in [0.15, 0.2) is 36.8 Å². The minimum absolute atomic E-state index is 0.228. The van der Waals surface area contributed by atoms with Crippen LogP contribution < -0.4 is 10.1 Å². The molecule has 1 fully saturated rings. The highest BCUT2D eigenvalue weighted by Crippen LogP contribution is 2.30. The van der Waals surface area contributed by atoms with Crippen molar-refractivity contribution in [2.24, 2.45) is 5.92 Å². The molecule has 34 heavy (non-hydrogen) atoms. The third kappa shape index (κ3) is 6.91. The van der Waals surface area contributed by atoms with Crippen LogP contribution >= 0.6 is 0 Å². The third-order valence-corrected chi connectivity index (χ3v) is 5.07. The van der Waals surface area contributed by atoms with Crippen LogP contribution in [0, 0.1) is 12.8 Å². The first kappa shape index (κ1) is 24.0. The molecule has 1 aliphatic carbocycles. The van der Waals surface area contributed by atoms with E-state index < -0.39 is 12.8 Å². The number of hydrogen-bond donors (Lipinski definition) is 1. The van der Waals surface area contributed by atoms with E-state index in [-0.39, 0.29) is 19.2 Å². The molecule has 0 radical (unpaired) electrons. The van der Waals surface area contributed by atoms with Gasteiger partial charge in [0.2, 0.25) is 5.95 Å². The normalized spacial score (nSPS) is 13.8. The number of aromatic nitrogens is 4. The van der Waals surface area contributed by atoms with Gasteiger partial charge in [0, 0.05) is 24.6 Å². The summed E-state index contributed by atoms with van der Waals surface area (Å²) in [5.41, 5.74) is 3.21. The number of aryl methyl sites for hydroxylation is 1. The fourth-order valence-corrected chi connectivity index (χ4v) is 3.29. The monoisotopic (exact) mass is 477 g/mol. The van der Waals surface area contributed by atoms with Gasteiger partial charge in [0.1, 0.15) is 12.4 Å². The summed E-state index contributed by atoms with van der Waals surface area (Å²) in [6.45, 7) is 1.13. The summed E-state index contributed by atoms with van der Waals surface area (Å²) in [6, 6.07) is 7.06. The number of halogens is 3. The van der Waals surface area contributed by atoms with Gasteiger partial charge in [-0.05, 0) is 43.9 Å². The second-order valence-electron chi connectivity index (χ2n) is 8.17. The Morgan fingerprint density at radius 3 is 2.44 bits per heavy atom. The molecule has 2 heterocycles. The predicted octanol–water partition coefficient (Wildman–Crippen LogP) is 4.73. The minimum Gasteiger partial charge on any atom is -0.494 e. The fraction of sp³-hybridized carbons (Fsp3) is 0.435. The van der Waals surface area contributed by atoms with Gasteiger partial charge in [-0.25, -0.2) is 15.0 Å². The van der Waals surface area contributed by atoms with Crippen LogP contribution in [0.2, 0.25) is 0 Å². The predicted molar refractivity (Wildman–Crippen MR) is 118 cm³/mol. The molecule has 4 rings (SSSR count). The van der Waals surface area contributed by atoms with E-state index in [0.29, 0.717) is 35.3 Å². The Morgan fingerprint density at radius 2 is 1.82 bits per heavy atom. The highest BCUT2D eigenvalue weighted by atomic mass is 19.4. The molecule has 0 bridgehead atoms. The van der Waals surface area contributed by atoms with Crippen molar-refractivity contribution in [1.82, 2.24) is 19.5 Å². The molecule has 1 aromatic carbocycles. The molecule has 8 nitrogen and oxygen atoms in total. The molecule has 3 aromatic rings. The molecule has 182 valence electrons. The quantitative estimate of drug-likeness (QED) is 0.428. The van der Waals surface area contributed by atoms with E-state index in [9.17, 15) is 13.2 Å². The van der Waals surface area contributed by atoms with E-state index in [1.54, 1.807) is 25.6 Å². The molecule has 0 saturated heterocycles. The van der Waals surface area contributed by atoms with Crippen LogP contribution in [0.3, 0.4) is 0 Å². The molecule has 11 heteroatoms. The Morgan fingerprint density at radius 1 is 1.09 bits per heavy atom. The number of nitrogens with zero attached hydrogens (tertiary/aromatic N) is 4. The zero-order valence-corrected chi connectivity index (χ0v) is 18.9. The van der Waals surface area contributed by atoms with Crippen LogP contribution in [0.25, 0.3) is 5.69 Å². The number of anilines is 2. The molecule has 1 aliphatic rings. The van der Waals surface area contributed by atoms with Crippen molar-refractivity contribution >= 4 is 11.6 Å². The van der Waals surface area contributed by atoms with Crippen molar-refractivity contribution in [1.29, 1.82) is 0 Å². The maximum atomic E-state index is 12.5. The van der Waals surface area contributed by atoms with Gasteiger partial charge in [0.25, 0.3) is 0 Å². The summed E-state index contributed by atoms with van der Waals surface area (Å²) in [5.74, 6) is 1.41. The second-order valence-corrected chi connectivity index (χ2v) is 8.17. The van der Waals surface area contributed by atoms with Crippen LogP contribution in [0.4, 0.5) is 24.8 Å². The average Bonchev–Trinajstić information content (AvgIpc) is 3.50. The lowest BCUT2D eigenvalue weighted by molar-refractivity contribution is -0.176. The van der Waals surface area contributed by atoms with Gasteiger partial charge >= 0.3 is 6.18 Å². The number of benzene rings is 1. The molecule has 0 spiro atoms. The van der Waals surface area contributed by atoms with Gasteiger partial charge in [0.05, 0.1) is 49.4 Å². The maximum absolute atomic E-state index is 12.5. The summed E-state index contributed by atoms with van der Waals surface area (Å²) in [5, 5.41) is 3.10. The lowest BCUT2D eigenvalue weighted by Crippen LogP contribution is -2.17. The van der Waals surface area contributed by atoms with Crippen molar-refractivity contribution in [2.45, 2.75) is 39.2 Å². The average molecular weight is 477 g/mol. The topological polar surface area (TPSA) is 83.3 Å². The van der Waals surface area contributed by atoms with Crippen LogP contribution in [-0.2, 0) is 22.7 Å². The third-order valence-electron chi connectivity index (χ3n) is 5.07. The number of nitrogens with one attached hydrogen (secondary N) is 1. The first-order chi connectivity index (χ1) is 16.3. The minimum atomic E-state index is -4.41.